The summed E-state index contributed by atoms with van der Waals surface area (Å²) < 4.78 is 0. The van der Waals surface area contributed by atoms with E-state index in [2.05, 4.69) is 28.1 Å². The molecule has 0 aromatic carbocycles. The summed E-state index contributed by atoms with van der Waals surface area (Å²) in [6.07, 6.45) is 12.5. The van der Waals surface area contributed by atoms with E-state index in [4.69, 9.17) is 0 Å². The number of hydrogen-bond acceptors (Lipinski definition) is 3. The number of carbonyl (C=O) groups is 1. The lowest BCUT2D eigenvalue weighted by atomic mass is 10.1. The zero-order valence-electron chi connectivity index (χ0n) is 16.2. The van der Waals surface area contributed by atoms with Gasteiger partial charge >= 0.3 is 0 Å². The first-order chi connectivity index (χ1) is 12.3. The normalized spacial score (nSPS) is 16.8. The maximum absolute atomic E-state index is 12.3. The molecule has 0 bridgehead atoms. The second-order valence-electron chi connectivity index (χ2n) is 5.57. The number of amides is 1. The fraction of sp³-hybridized carbons (Fsp3) is 0.524. The lowest BCUT2D eigenvalue weighted by Gasteiger charge is -2.35. The molecular weight excluding hydrogens is 310 g/mol. The van der Waals surface area contributed by atoms with Crippen LogP contribution in [-0.4, -0.2) is 53.4 Å². The van der Waals surface area contributed by atoms with Crippen molar-refractivity contribution in [3.8, 4) is 0 Å². The molecule has 4 nitrogen and oxygen atoms in total. The summed E-state index contributed by atoms with van der Waals surface area (Å²) in [5.74, 6) is 0.0968. The van der Waals surface area contributed by atoms with E-state index in [1.54, 1.807) is 12.4 Å². The Morgan fingerprint density at radius 1 is 1.08 bits per heavy atom. The number of rotatable bonds is 3. The molecule has 0 saturated carbocycles. The topological polar surface area (TPSA) is 36.4 Å². The highest BCUT2D eigenvalue weighted by atomic mass is 16.2. The van der Waals surface area contributed by atoms with E-state index in [9.17, 15) is 4.79 Å². The van der Waals surface area contributed by atoms with Crippen molar-refractivity contribution < 1.29 is 4.79 Å². The summed E-state index contributed by atoms with van der Waals surface area (Å²) >= 11 is 0. The van der Waals surface area contributed by atoms with Crippen molar-refractivity contribution in [2.45, 2.75) is 40.5 Å². The molecule has 0 radical (unpaired) electrons. The standard InChI is InChI=1S/C17H21N3O.2C2H6/c21-17(16-7-4-8-18-13-16)20-11-9-19(10-12-20)14-15-5-2-1-3-6-15;2*1-2/h2,4-8,13H,1,3,9-12,14H2;2*1-2H3. The molecule has 1 aromatic rings. The highest BCUT2D eigenvalue weighted by molar-refractivity contribution is 5.93. The second kappa shape index (κ2) is 12.4. The van der Waals surface area contributed by atoms with E-state index in [0.717, 1.165) is 45.6 Å². The predicted octanol–water partition coefficient (Wildman–Crippen LogP) is 4.17. The van der Waals surface area contributed by atoms with Crippen molar-refractivity contribution in [2.24, 2.45) is 0 Å². The maximum atomic E-state index is 12.3. The van der Waals surface area contributed by atoms with Crippen molar-refractivity contribution in [3.05, 3.63) is 53.9 Å². The summed E-state index contributed by atoms with van der Waals surface area (Å²) in [6, 6.07) is 3.64. The first kappa shape index (κ1) is 21.1. The number of allylic oxidation sites excluding steroid dienone is 2. The van der Waals surface area contributed by atoms with Crippen molar-refractivity contribution in [1.82, 2.24) is 14.8 Å². The molecule has 1 aliphatic heterocycles. The van der Waals surface area contributed by atoms with Crippen LogP contribution in [0.2, 0.25) is 0 Å². The van der Waals surface area contributed by atoms with Crippen LogP contribution in [0.1, 0.15) is 50.9 Å². The third-order valence-electron chi connectivity index (χ3n) is 4.05. The highest BCUT2D eigenvalue weighted by Gasteiger charge is 2.22. The van der Waals surface area contributed by atoms with E-state index in [0.29, 0.717) is 5.56 Å². The molecule has 0 spiro atoms. The number of hydrogen-bond donors (Lipinski definition) is 0. The SMILES string of the molecule is CC.CC.O=C(c1cccnc1)N1CCN(CC2=CCCC=C2)CC1. The van der Waals surface area contributed by atoms with Gasteiger partial charge in [0.2, 0.25) is 0 Å². The van der Waals surface area contributed by atoms with Crippen LogP contribution in [0.4, 0.5) is 0 Å². The minimum atomic E-state index is 0.0968. The van der Waals surface area contributed by atoms with Gasteiger partial charge in [0, 0.05) is 45.1 Å². The van der Waals surface area contributed by atoms with Crippen LogP contribution in [0, 0.1) is 0 Å². The van der Waals surface area contributed by atoms with Crippen molar-refractivity contribution >= 4 is 5.91 Å². The quantitative estimate of drug-likeness (QED) is 0.826. The lowest BCUT2D eigenvalue weighted by Crippen LogP contribution is -2.49. The largest absolute Gasteiger partial charge is 0.336 e. The Morgan fingerprint density at radius 2 is 1.80 bits per heavy atom. The summed E-state index contributed by atoms with van der Waals surface area (Å²) in [6.45, 7) is 12.5. The Hall–Kier alpha value is -1.94. The zero-order valence-corrected chi connectivity index (χ0v) is 16.2. The molecule has 4 heteroatoms. The minimum absolute atomic E-state index is 0.0968. The van der Waals surface area contributed by atoms with Gasteiger partial charge < -0.3 is 4.90 Å². The molecule has 3 rings (SSSR count). The van der Waals surface area contributed by atoms with Gasteiger partial charge in [0.05, 0.1) is 5.56 Å². The van der Waals surface area contributed by atoms with Gasteiger partial charge in [-0.05, 0) is 30.5 Å². The van der Waals surface area contributed by atoms with Crippen molar-refractivity contribution in [2.75, 3.05) is 32.7 Å². The summed E-state index contributed by atoms with van der Waals surface area (Å²) in [7, 11) is 0. The molecule has 25 heavy (non-hydrogen) atoms. The highest BCUT2D eigenvalue weighted by Crippen LogP contribution is 2.13. The predicted molar refractivity (Wildman–Crippen MR) is 106 cm³/mol. The van der Waals surface area contributed by atoms with E-state index in [1.807, 2.05) is 44.7 Å². The average Bonchev–Trinajstić information content (AvgIpc) is 2.72. The van der Waals surface area contributed by atoms with Gasteiger partial charge in [0.25, 0.3) is 5.91 Å². The zero-order chi connectivity index (χ0) is 18.5. The first-order valence-electron chi connectivity index (χ1n) is 9.60. The maximum Gasteiger partial charge on any atom is 0.255 e. The minimum Gasteiger partial charge on any atom is -0.336 e. The van der Waals surface area contributed by atoms with Gasteiger partial charge in [-0.1, -0.05) is 45.9 Å². The molecule has 0 atom stereocenters. The summed E-state index contributed by atoms with van der Waals surface area (Å²) in [5, 5.41) is 0. The summed E-state index contributed by atoms with van der Waals surface area (Å²) in [5.41, 5.74) is 2.09. The molecule has 0 unspecified atom stereocenters. The van der Waals surface area contributed by atoms with Crippen LogP contribution in [0.15, 0.2) is 48.3 Å². The van der Waals surface area contributed by atoms with Crippen LogP contribution in [-0.2, 0) is 0 Å². The third kappa shape index (κ3) is 6.83. The molecule has 2 aliphatic rings. The number of pyridine rings is 1. The number of piperazine rings is 1. The van der Waals surface area contributed by atoms with Crippen LogP contribution >= 0.6 is 0 Å². The fourth-order valence-corrected chi connectivity index (χ4v) is 2.82. The van der Waals surface area contributed by atoms with Crippen molar-refractivity contribution in [1.29, 1.82) is 0 Å². The fourth-order valence-electron chi connectivity index (χ4n) is 2.82. The first-order valence-corrected chi connectivity index (χ1v) is 9.60. The molecule has 1 saturated heterocycles. The molecule has 2 heterocycles. The van der Waals surface area contributed by atoms with E-state index in [-0.39, 0.29) is 5.91 Å². The van der Waals surface area contributed by atoms with Gasteiger partial charge in [-0.25, -0.2) is 0 Å². The molecule has 1 aliphatic carbocycles. The van der Waals surface area contributed by atoms with Crippen molar-refractivity contribution in [3.63, 3.8) is 0 Å². The smallest absolute Gasteiger partial charge is 0.255 e. The molecule has 1 aromatic heterocycles. The molecule has 1 amide bonds. The molecule has 0 N–H and O–H groups in total. The Kier molecular flexibility index (Phi) is 10.5. The molecule has 1 fully saturated rings. The third-order valence-corrected chi connectivity index (χ3v) is 4.05. The van der Waals surface area contributed by atoms with Gasteiger partial charge in [0.1, 0.15) is 0 Å². The Balaban J connectivity index is 0.000000730. The van der Waals surface area contributed by atoms with Crippen LogP contribution < -0.4 is 0 Å². The Bertz CT molecular complexity index is 544. The van der Waals surface area contributed by atoms with Crippen LogP contribution in [0.25, 0.3) is 0 Å². The lowest BCUT2D eigenvalue weighted by molar-refractivity contribution is 0.0648. The van der Waals surface area contributed by atoms with E-state index in [1.165, 1.54) is 5.57 Å². The average molecular weight is 344 g/mol. The van der Waals surface area contributed by atoms with Crippen LogP contribution in [0.3, 0.4) is 0 Å². The van der Waals surface area contributed by atoms with E-state index >= 15 is 0 Å². The van der Waals surface area contributed by atoms with E-state index < -0.39 is 0 Å². The number of carbonyl (C=O) groups excluding carboxylic acids is 1. The monoisotopic (exact) mass is 343 g/mol. The molecular formula is C21H33N3O. The van der Waals surface area contributed by atoms with Gasteiger partial charge in [-0.3, -0.25) is 14.7 Å². The molecule has 138 valence electrons. The Labute approximate surface area is 153 Å². The van der Waals surface area contributed by atoms with Gasteiger partial charge in [-0.2, -0.15) is 0 Å². The second-order valence-corrected chi connectivity index (χ2v) is 5.57. The van der Waals surface area contributed by atoms with Gasteiger partial charge in [0.15, 0.2) is 0 Å². The number of nitrogens with zero attached hydrogens (tertiary/aromatic N) is 3. The number of aromatic nitrogens is 1. The van der Waals surface area contributed by atoms with Gasteiger partial charge in [-0.15, -0.1) is 0 Å². The Morgan fingerprint density at radius 3 is 2.36 bits per heavy atom. The van der Waals surface area contributed by atoms with Crippen LogP contribution in [0.5, 0.6) is 0 Å². The summed E-state index contributed by atoms with van der Waals surface area (Å²) in [4.78, 5) is 20.7.